The van der Waals surface area contributed by atoms with Gasteiger partial charge in [0.05, 0.1) is 37.5 Å². The van der Waals surface area contributed by atoms with Gasteiger partial charge >= 0.3 is 6.18 Å². The first-order chi connectivity index (χ1) is 12.3. The molecule has 0 bridgehead atoms. The third-order valence-corrected chi connectivity index (χ3v) is 3.26. The molecule has 0 unspecified atom stereocenters. The van der Waals surface area contributed by atoms with Crippen LogP contribution >= 0.6 is 0 Å². The quantitative estimate of drug-likeness (QED) is 0.618. The van der Waals surface area contributed by atoms with Crippen LogP contribution in [0.1, 0.15) is 21.5 Å². The van der Waals surface area contributed by atoms with Gasteiger partial charge in [0.1, 0.15) is 5.82 Å². The number of nitrogens with one attached hydrogen (secondary N) is 1. The van der Waals surface area contributed by atoms with E-state index in [1.807, 2.05) is 0 Å². The van der Waals surface area contributed by atoms with Gasteiger partial charge in [-0.25, -0.2) is 4.98 Å². The zero-order valence-corrected chi connectivity index (χ0v) is 13.6. The van der Waals surface area contributed by atoms with Gasteiger partial charge in [0.25, 0.3) is 0 Å². The molecule has 1 N–H and O–H groups in total. The minimum atomic E-state index is -4.49. The van der Waals surface area contributed by atoms with E-state index in [9.17, 15) is 23.1 Å². The molecule has 26 heavy (non-hydrogen) atoms. The lowest BCUT2D eigenvalue weighted by atomic mass is 10.1. The van der Waals surface area contributed by atoms with Crippen LogP contribution in [-0.4, -0.2) is 31.4 Å². The van der Waals surface area contributed by atoms with E-state index in [-0.39, 0.29) is 28.4 Å². The van der Waals surface area contributed by atoms with Crippen LogP contribution in [0.3, 0.4) is 0 Å². The fraction of sp³-hybridized carbons (Fsp3) is 0.188. The van der Waals surface area contributed by atoms with Gasteiger partial charge in [0.2, 0.25) is 0 Å². The molecule has 138 valence electrons. The number of pyridine rings is 1. The zero-order chi connectivity index (χ0) is 19.3. The van der Waals surface area contributed by atoms with Crippen LogP contribution in [0.2, 0.25) is 0 Å². The summed E-state index contributed by atoms with van der Waals surface area (Å²) in [4.78, 5) is 15.0. The number of carbonyl (C=O) groups is 1. The number of halogens is 3. The molecule has 0 atom stereocenters. The summed E-state index contributed by atoms with van der Waals surface area (Å²) < 4.78 is 47.5. The summed E-state index contributed by atoms with van der Waals surface area (Å²) in [5.74, 6) is -1.30. The largest absolute Gasteiger partial charge is 0.545 e. The Morgan fingerprint density at radius 1 is 1.23 bits per heavy atom. The molecule has 0 fully saturated rings. The minimum absolute atomic E-state index is 0.0379. The molecular weight excluding hydrogens is 355 g/mol. The molecule has 0 spiro atoms. The summed E-state index contributed by atoms with van der Waals surface area (Å²) in [6.45, 7) is 0. The summed E-state index contributed by atoms with van der Waals surface area (Å²) in [6, 6.07) is 4.82. The molecule has 0 aliphatic rings. The Bertz CT molecular complexity index is 821. The number of carboxylic acid groups (broad SMARTS) is 1. The van der Waals surface area contributed by atoms with E-state index >= 15 is 0 Å². The molecule has 0 aliphatic carbocycles. The van der Waals surface area contributed by atoms with Crippen LogP contribution in [0.25, 0.3) is 0 Å². The first kappa shape index (κ1) is 19.0. The van der Waals surface area contributed by atoms with Crippen LogP contribution in [0.4, 0.5) is 19.0 Å². The van der Waals surface area contributed by atoms with Gasteiger partial charge in [-0.15, -0.1) is 0 Å². The van der Waals surface area contributed by atoms with Crippen LogP contribution in [-0.2, 0) is 6.18 Å². The molecule has 2 rings (SSSR count). The van der Waals surface area contributed by atoms with Gasteiger partial charge in [-0.2, -0.15) is 18.3 Å². The van der Waals surface area contributed by atoms with Crippen molar-refractivity contribution in [3.63, 3.8) is 0 Å². The summed E-state index contributed by atoms with van der Waals surface area (Å²) in [7, 11) is 2.62. The topological polar surface area (TPSA) is 95.9 Å². The number of ether oxygens (including phenoxy) is 2. The number of hydrogen-bond acceptors (Lipinski definition) is 7. The van der Waals surface area contributed by atoms with Gasteiger partial charge in [-0.1, -0.05) is 0 Å². The Labute approximate surface area is 146 Å². The number of benzene rings is 1. The lowest BCUT2D eigenvalue weighted by Crippen LogP contribution is -2.25. The lowest BCUT2D eigenvalue weighted by molar-refractivity contribution is -0.255. The maximum Gasteiger partial charge on any atom is 0.417 e. The molecule has 1 aromatic carbocycles. The van der Waals surface area contributed by atoms with Crippen molar-refractivity contribution >= 4 is 18.0 Å². The number of aromatic nitrogens is 1. The summed E-state index contributed by atoms with van der Waals surface area (Å²) >= 11 is 0. The normalized spacial score (nSPS) is 11.4. The van der Waals surface area contributed by atoms with Gasteiger partial charge in [0.15, 0.2) is 11.5 Å². The third-order valence-electron chi connectivity index (χ3n) is 3.26. The van der Waals surface area contributed by atoms with E-state index in [1.54, 1.807) is 0 Å². The van der Waals surface area contributed by atoms with E-state index in [0.29, 0.717) is 6.20 Å². The van der Waals surface area contributed by atoms with Crippen molar-refractivity contribution in [3.8, 4) is 11.5 Å². The fourth-order valence-corrected chi connectivity index (χ4v) is 2.06. The summed E-state index contributed by atoms with van der Waals surface area (Å²) in [5.41, 5.74) is 1.37. The molecule has 2 aromatic rings. The number of methoxy groups -OCH3 is 2. The van der Waals surface area contributed by atoms with E-state index in [4.69, 9.17) is 9.47 Å². The maximum absolute atomic E-state index is 12.5. The molecular formula is C16H13F3N3O4-. The Hall–Kier alpha value is -3.30. The van der Waals surface area contributed by atoms with Crippen LogP contribution in [0.15, 0.2) is 35.6 Å². The van der Waals surface area contributed by atoms with Crippen molar-refractivity contribution < 1.29 is 32.5 Å². The summed E-state index contributed by atoms with van der Waals surface area (Å²) in [5, 5.41) is 15.2. The Kier molecular flexibility index (Phi) is 5.65. The van der Waals surface area contributed by atoms with Gasteiger partial charge < -0.3 is 19.4 Å². The van der Waals surface area contributed by atoms with Crippen LogP contribution < -0.4 is 20.0 Å². The van der Waals surface area contributed by atoms with E-state index in [0.717, 1.165) is 18.3 Å². The molecule has 1 aromatic heterocycles. The first-order valence-corrected chi connectivity index (χ1v) is 7.06. The number of rotatable bonds is 6. The lowest BCUT2D eigenvalue weighted by Gasteiger charge is -2.15. The van der Waals surface area contributed by atoms with Gasteiger partial charge in [-0.05, 0) is 24.3 Å². The number of aromatic carboxylic acids is 1. The standard InChI is InChI=1S/C16H14F3N3O4/c1-25-11-5-3-9(13(15(23)24)14(11)26-2)7-21-22-12-6-4-10(8-20-12)16(17,18)19/h3-8H,1-2H3,(H,20,22)(H,23,24)/p-1/b21-7-. The van der Waals surface area contributed by atoms with Crippen molar-refractivity contribution in [1.82, 2.24) is 4.98 Å². The molecule has 7 nitrogen and oxygen atoms in total. The van der Waals surface area contributed by atoms with Gasteiger partial charge in [-0.3, -0.25) is 5.43 Å². The number of carboxylic acids is 1. The highest BCUT2D eigenvalue weighted by Gasteiger charge is 2.30. The number of anilines is 1. The second-order valence-electron chi connectivity index (χ2n) is 4.85. The monoisotopic (exact) mass is 368 g/mol. The highest BCUT2D eigenvalue weighted by molar-refractivity contribution is 6.01. The zero-order valence-electron chi connectivity index (χ0n) is 13.6. The second kappa shape index (κ2) is 7.72. The number of carbonyl (C=O) groups excluding carboxylic acids is 1. The molecule has 0 amide bonds. The number of nitrogens with zero attached hydrogens (tertiary/aromatic N) is 2. The van der Waals surface area contributed by atoms with Gasteiger partial charge in [0, 0.05) is 11.8 Å². The highest BCUT2D eigenvalue weighted by atomic mass is 19.4. The SMILES string of the molecule is COc1ccc(/C=N\Nc2ccc(C(F)(F)F)cn2)c(C(=O)[O-])c1OC. The second-order valence-corrected chi connectivity index (χ2v) is 4.85. The minimum Gasteiger partial charge on any atom is -0.545 e. The Morgan fingerprint density at radius 3 is 2.46 bits per heavy atom. The van der Waals surface area contributed by atoms with Crippen molar-refractivity contribution in [1.29, 1.82) is 0 Å². The Balaban J connectivity index is 2.24. The number of alkyl halides is 3. The molecule has 1 heterocycles. The van der Waals surface area contributed by atoms with Crippen molar-refractivity contribution in [2.45, 2.75) is 6.18 Å². The highest BCUT2D eigenvalue weighted by Crippen LogP contribution is 2.32. The fourth-order valence-electron chi connectivity index (χ4n) is 2.06. The molecule has 0 saturated heterocycles. The molecule has 0 aliphatic heterocycles. The maximum atomic E-state index is 12.5. The number of hydrogen-bond donors (Lipinski definition) is 1. The van der Waals surface area contributed by atoms with Crippen molar-refractivity contribution in [2.75, 3.05) is 19.6 Å². The van der Waals surface area contributed by atoms with Crippen molar-refractivity contribution in [3.05, 3.63) is 47.2 Å². The predicted molar refractivity (Wildman–Crippen MR) is 84.3 cm³/mol. The average molecular weight is 368 g/mol. The molecule has 10 heteroatoms. The van der Waals surface area contributed by atoms with E-state index in [1.165, 1.54) is 26.4 Å². The smallest absolute Gasteiger partial charge is 0.417 e. The average Bonchev–Trinajstić information content (AvgIpc) is 2.60. The molecule has 0 radical (unpaired) electrons. The molecule has 0 saturated carbocycles. The third kappa shape index (κ3) is 4.21. The van der Waals surface area contributed by atoms with Crippen LogP contribution in [0.5, 0.6) is 11.5 Å². The van der Waals surface area contributed by atoms with E-state index in [2.05, 4.69) is 15.5 Å². The van der Waals surface area contributed by atoms with Crippen LogP contribution in [0, 0.1) is 0 Å². The predicted octanol–water partition coefficient (Wildman–Crippen LogP) is 1.93. The van der Waals surface area contributed by atoms with Crippen molar-refractivity contribution in [2.24, 2.45) is 5.10 Å². The van der Waals surface area contributed by atoms with E-state index < -0.39 is 17.7 Å². The Morgan fingerprint density at radius 2 is 1.96 bits per heavy atom. The summed E-state index contributed by atoms with van der Waals surface area (Å²) in [6.07, 6.45) is -2.69. The first-order valence-electron chi connectivity index (χ1n) is 7.06. The number of hydrazone groups is 1.